The lowest BCUT2D eigenvalue weighted by Crippen LogP contribution is -1.92. The second kappa shape index (κ2) is 5.89. The van der Waals surface area contributed by atoms with Crippen LogP contribution in [0.2, 0.25) is 0 Å². The second-order valence-electron chi connectivity index (χ2n) is 2.73. The Morgan fingerprint density at radius 3 is 2.85 bits per heavy atom. The lowest BCUT2D eigenvalue weighted by molar-refractivity contribution is 0.200. The summed E-state index contributed by atoms with van der Waals surface area (Å²) >= 11 is 1.78. The van der Waals surface area contributed by atoms with Gasteiger partial charge in [0.2, 0.25) is 0 Å². The number of hydrogen-bond donors (Lipinski definition) is 1. The van der Waals surface area contributed by atoms with Gasteiger partial charge in [0.15, 0.2) is 0 Å². The molecule has 0 radical (unpaired) electrons. The number of para-hydroxylation sites is 1. The molecule has 0 unspecified atom stereocenters. The quantitative estimate of drug-likeness (QED) is 0.447. The number of rotatable bonds is 5. The van der Waals surface area contributed by atoms with Crippen molar-refractivity contribution in [1.29, 1.82) is 0 Å². The Labute approximate surface area is 83.5 Å². The Morgan fingerprint density at radius 1 is 1.38 bits per heavy atom. The Morgan fingerprint density at radius 2 is 2.15 bits per heavy atom. The van der Waals surface area contributed by atoms with E-state index in [0.29, 0.717) is 0 Å². The Hall–Kier alpha value is -0.670. The molecular formula is C10H15NOS. The summed E-state index contributed by atoms with van der Waals surface area (Å²) in [6.45, 7) is 0.819. The highest BCUT2D eigenvalue weighted by atomic mass is 32.2. The minimum absolute atomic E-state index is 0.819. The Balaban J connectivity index is 2.32. The number of anilines is 1. The summed E-state index contributed by atoms with van der Waals surface area (Å²) < 4.78 is 4.97. The van der Waals surface area contributed by atoms with Gasteiger partial charge in [0, 0.05) is 30.1 Å². The van der Waals surface area contributed by atoms with Crippen LogP contribution in [0.3, 0.4) is 0 Å². The van der Waals surface area contributed by atoms with E-state index in [0.717, 1.165) is 24.5 Å². The van der Waals surface area contributed by atoms with Gasteiger partial charge in [-0.05, 0) is 18.6 Å². The maximum Gasteiger partial charge on any atom is 0.0470 e. The number of nitrogens with two attached hydrogens (primary N) is 1. The van der Waals surface area contributed by atoms with Gasteiger partial charge >= 0.3 is 0 Å². The summed E-state index contributed by atoms with van der Waals surface area (Å²) in [6, 6.07) is 7.94. The van der Waals surface area contributed by atoms with E-state index in [4.69, 9.17) is 10.5 Å². The van der Waals surface area contributed by atoms with Crippen LogP contribution in [0.15, 0.2) is 29.2 Å². The number of thioether (sulfide) groups is 1. The number of benzene rings is 1. The molecule has 72 valence electrons. The molecule has 0 atom stereocenters. The van der Waals surface area contributed by atoms with Crippen molar-refractivity contribution in [3.8, 4) is 0 Å². The zero-order chi connectivity index (χ0) is 9.52. The molecule has 1 aromatic rings. The van der Waals surface area contributed by atoms with E-state index in [-0.39, 0.29) is 0 Å². The monoisotopic (exact) mass is 197 g/mol. The summed E-state index contributed by atoms with van der Waals surface area (Å²) in [5, 5.41) is 0. The van der Waals surface area contributed by atoms with Crippen LogP contribution in [0.4, 0.5) is 5.69 Å². The van der Waals surface area contributed by atoms with Crippen LogP contribution in [-0.4, -0.2) is 19.5 Å². The van der Waals surface area contributed by atoms with Gasteiger partial charge in [-0.15, -0.1) is 11.8 Å². The summed E-state index contributed by atoms with van der Waals surface area (Å²) in [4.78, 5) is 1.17. The maximum atomic E-state index is 5.78. The largest absolute Gasteiger partial charge is 0.398 e. The fraction of sp³-hybridized carbons (Fsp3) is 0.400. The van der Waals surface area contributed by atoms with Crippen molar-refractivity contribution in [2.75, 3.05) is 25.2 Å². The normalized spacial score (nSPS) is 10.2. The molecule has 0 aliphatic heterocycles. The first-order valence-corrected chi connectivity index (χ1v) is 5.29. The summed E-state index contributed by atoms with van der Waals surface area (Å²) in [5.41, 5.74) is 6.65. The van der Waals surface area contributed by atoms with Crippen LogP contribution < -0.4 is 5.73 Å². The average Bonchev–Trinajstić information content (AvgIpc) is 2.15. The van der Waals surface area contributed by atoms with Crippen molar-refractivity contribution < 1.29 is 4.74 Å². The third kappa shape index (κ3) is 3.70. The second-order valence-corrected chi connectivity index (χ2v) is 3.87. The molecule has 3 heteroatoms. The van der Waals surface area contributed by atoms with Crippen LogP contribution in [0.25, 0.3) is 0 Å². The van der Waals surface area contributed by atoms with E-state index in [1.54, 1.807) is 18.9 Å². The van der Waals surface area contributed by atoms with Crippen molar-refractivity contribution in [3.05, 3.63) is 24.3 Å². The third-order valence-electron chi connectivity index (χ3n) is 1.67. The van der Waals surface area contributed by atoms with E-state index in [2.05, 4.69) is 0 Å². The summed E-state index contributed by atoms with van der Waals surface area (Å²) in [7, 11) is 1.72. The molecule has 2 nitrogen and oxygen atoms in total. The van der Waals surface area contributed by atoms with Gasteiger partial charge in [0.25, 0.3) is 0 Å². The number of hydrogen-bond acceptors (Lipinski definition) is 3. The van der Waals surface area contributed by atoms with Gasteiger partial charge in [-0.1, -0.05) is 12.1 Å². The third-order valence-corrected chi connectivity index (χ3v) is 2.84. The highest BCUT2D eigenvalue weighted by Gasteiger charge is 1.97. The van der Waals surface area contributed by atoms with Gasteiger partial charge in [-0.25, -0.2) is 0 Å². The van der Waals surface area contributed by atoms with E-state index in [1.807, 2.05) is 24.3 Å². The summed E-state index contributed by atoms with van der Waals surface area (Å²) in [6.07, 6.45) is 1.06. The van der Waals surface area contributed by atoms with Gasteiger partial charge < -0.3 is 10.5 Å². The highest BCUT2D eigenvalue weighted by molar-refractivity contribution is 7.99. The van der Waals surface area contributed by atoms with Gasteiger partial charge in [0.05, 0.1) is 0 Å². The van der Waals surface area contributed by atoms with Crippen molar-refractivity contribution in [3.63, 3.8) is 0 Å². The summed E-state index contributed by atoms with van der Waals surface area (Å²) in [5.74, 6) is 1.06. The fourth-order valence-corrected chi connectivity index (χ4v) is 1.89. The lowest BCUT2D eigenvalue weighted by atomic mass is 10.3. The van der Waals surface area contributed by atoms with Crippen LogP contribution in [0.5, 0.6) is 0 Å². The van der Waals surface area contributed by atoms with E-state index < -0.39 is 0 Å². The van der Waals surface area contributed by atoms with E-state index >= 15 is 0 Å². The smallest absolute Gasteiger partial charge is 0.0470 e. The van der Waals surface area contributed by atoms with Gasteiger partial charge in [-0.2, -0.15) is 0 Å². The number of methoxy groups -OCH3 is 1. The van der Waals surface area contributed by atoms with Crippen molar-refractivity contribution in [1.82, 2.24) is 0 Å². The number of ether oxygens (including phenoxy) is 1. The molecular weight excluding hydrogens is 182 g/mol. The molecule has 0 amide bonds. The molecule has 0 fully saturated rings. The highest BCUT2D eigenvalue weighted by Crippen LogP contribution is 2.24. The molecule has 0 saturated carbocycles. The molecule has 0 aromatic heterocycles. The SMILES string of the molecule is COCCCSc1ccccc1N. The van der Waals surface area contributed by atoms with Gasteiger partial charge in [0.1, 0.15) is 0 Å². The Bertz CT molecular complexity index is 252. The molecule has 0 bridgehead atoms. The number of nitrogen functional groups attached to an aromatic ring is 1. The predicted octanol–water partition coefficient (Wildman–Crippen LogP) is 2.40. The van der Waals surface area contributed by atoms with E-state index in [9.17, 15) is 0 Å². The molecule has 0 aliphatic carbocycles. The zero-order valence-corrected chi connectivity index (χ0v) is 8.64. The molecule has 1 rings (SSSR count). The van der Waals surface area contributed by atoms with Crippen molar-refractivity contribution in [2.45, 2.75) is 11.3 Å². The Kier molecular flexibility index (Phi) is 4.72. The molecule has 13 heavy (non-hydrogen) atoms. The van der Waals surface area contributed by atoms with Crippen LogP contribution in [0.1, 0.15) is 6.42 Å². The van der Waals surface area contributed by atoms with Gasteiger partial charge in [-0.3, -0.25) is 0 Å². The average molecular weight is 197 g/mol. The molecule has 0 aliphatic rings. The fourth-order valence-electron chi connectivity index (χ4n) is 0.997. The van der Waals surface area contributed by atoms with Crippen LogP contribution >= 0.6 is 11.8 Å². The molecule has 1 aromatic carbocycles. The van der Waals surface area contributed by atoms with Crippen molar-refractivity contribution >= 4 is 17.4 Å². The van der Waals surface area contributed by atoms with Crippen molar-refractivity contribution in [2.24, 2.45) is 0 Å². The molecule has 0 saturated heterocycles. The first-order valence-electron chi connectivity index (χ1n) is 4.31. The van der Waals surface area contributed by atoms with Crippen LogP contribution in [0, 0.1) is 0 Å². The minimum Gasteiger partial charge on any atom is -0.398 e. The topological polar surface area (TPSA) is 35.2 Å². The molecule has 2 N–H and O–H groups in total. The first-order chi connectivity index (χ1) is 6.34. The molecule has 0 spiro atoms. The lowest BCUT2D eigenvalue weighted by Gasteiger charge is -2.03. The molecule has 0 heterocycles. The first kappa shape index (κ1) is 10.4. The minimum atomic E-state index is 0.819. The standard InChI is InChI=1S/C10H15NOS/c1-12-7-4-8-13-10-6-3-2-5-9(10)11/h2-3,5-6H,4,7-8,11H2,1H3. The maximum absolute atomic E-state index is 5.78. The predicted molar refractivity (Wildman–Crippen MR) is 58.1 cm³/mol. The zero-order valence-electron chi connectivity index (χ0n) is 7.82. The van der Waals surface area contributed by atoms with E-state index in [1.165, 1.54) is 4.90 Å². The van der Waals surface area contributed by atoms with Crippen LogP contribution in [-0.2, 0) is 4.74 Å².